The minimum atomic E-state index is -0.427. The van der Waals surface area contributed by atoms with Gasteiger partial charge in [0.25, 0.3) is 5.91 Å². The molecule has 1 heterocycles. The predicted octanol–water partition coefficient (Wildman–Crippen LogP) is 3.20. The van der Waals surface area contributed by atoms with Crippen LogP contribution in [0, 0.1) is 5.41 Å². The number of rotatable bonds is 3. The quantitative estimate of drug-likeness (QED) is 0.690. The van der Waals surface area contributed by atoms with Crippen molar-refractivity contribution in [3.63, 3.8) is 0 Å². The molecule has 2 aromatic carbocycles. The molecule has 0 saturated carbocycles. The Balaban J connectivity index is 1.86. The Morgan fingerprint density at radius 1 is 1.22 bits per heavy atom. The molecular weight excluding hydrogens is 316 g/mol. The first kappa shape index (κ1) is 15.1. The molecule has 0 aliphatic carbocycles. The van der Waals surface area contributed by atoms with E-state index in [2.05, 4.69) is 5.32 Å². The maximum Gasteiger partial charge on any atom is 0.257 e. The Hall–Kier alpha value is -2.79. The summed E-state index contributed by atoms with van der Waals surface area (Å²) < 4.78 is 5.25. The van der Waals surface area contributed by atoms with Crippen LogP contribution >= 0.6 is 11.6 Å². The van der Waals surface area contributed by atoms with Gasteiger partial charge in [0.1, 0.15) is 5.56 Å². The van der Waals surface area contributed by atoms with Crippen molar-refractivity contribution in [1.29, 1.82) is 5.41 Å². The van der Waals surface area contributed by atoms with Gasteiger partial charge in [0.2, 0.25) is 5.55 Å². The van der Waals surface area contributed by atoms with E-state index in [9.17, 15) is 9.90 Å². The Morgan fingerprint density at radius 2 is 2.00 bits per heavy atom. The maximum atomic E-state index is 12.3. The summed E-state index contributed by atoms with van der Waals surface area (Å²) in [5, 5.41) is 21.4. The summed E-state index contributed by atoms with van der Waals surface area (Å²) in [6.45, 7) is 0.289. The number of benzene rings is 2. The van der Waals surface area contributed by atoms with Crippen LogP contribution in [0.25, 0.3) is 11.0 Å². The molecular formula is C17H13ClN2O3. The fourth-order valence-corrected chi connectivity index (χ4v) is 2.45. The van der Waals surface area contributed by atoms with Crippen molar-refractivity contribution in [1.82, 2.24) is 5.32 Å². The van der Waals surface area contributed by atoms with Gasteiger partial charge in [-0.05, 0) is 29.8 Å². The molecule has 0 spiro atoms. The lowest BCUT2D eigenvalue weighted by Gasteiger charge is -2.07. The fraction of sp³-hybridized carbons (Fsp3) is 0.0588. The lowest BCUT2D eigenvalue weighted by Crippen LogP contribution is -2.27. The van der Waals surface area contributed by atoms with Crippen molar-refractivity contribution in [2.45, 2.75) is 6.54 Å². The van der Waals surface area contributed by atoms with E-state index in [1.807, 2.05) is 6.07 Å². The standard InChI is InChI=1S/C17H13ClN2O3/c18-12-5-1-3-10(7-12)9-20-17(22)13-8-11-4-2-6-14(21)15(11)23-16(13)19/h1-8,19,21H,9H2,(H,20,22). The molecule has 0 bridgehead atoms. The van der Waals surface area contributed by atoms with Gasteiger partial charge in [-0.2, -0.15) is 0 Å². The first-order chi connectivity index (χ1) is 11.0. The fourth-order valence-electron chi connectivity index (χ4n) is 2.24. The van der Waals surface area contributed by atoms with Crippen LogP contribution < -0.4 is 10.9 Å². The Kier molecular flexibility index (Phi) is 4.04. The minimum Gasteiger partial charge on any atom is -0.504 e. The SMILES string of the molecule is N=c1oc2c(O)cccc2cc1C(=O)NCc1cccc(Cl)c1. The molecule has 5 nitrogen and oxygen atoms in total. The molecule has 6 heteroatoms. The molecule has 0 aliphatic heterocycles. The van der Waals surface area contributed by atoms with Crippen LogP contribution in [-0.4, -0.2) is 11.0 Å². The molecule has 0 radical (unpaired) electrons. The van der Waals surface area contributed by atoms with E-state index in [1.165, 1.54) is 12.1 Å². The minimum absolute atomic E-state index is 0.0677. The highest BCUT2D eigenvalue weighted by Crippen LogP contribution is 2.23. The number of carbonyl (C=O) groups is 1. The van der Waals surface area contributed by atoms with Crippen LogP contribution in [0.2, 0.25) is 5.02 Å². The van der Waals surface area contributed by atoms with Gasteiger partial charge in [-0.15, -0.1) is 0 Å². The third-order valence-corrected chi connectivity index (χ3v) is 3.60. The van der Waals surface area contributed by atoms with E-state index in [4.69, 9.17) is 21.4 Å². The van der Waals surface area contributed by atoms with Crippen molar-refractivity contribution < 1.29 is 14.3 Å². The van der Waals surface area contributed by atoms with E-state index < -0.39 is 5.91 Å². The first-order valence-corrected chi connectivity index (χ1v) is 7.25. The van der Waals surface area contributed by atoms with E-state index in [0.717, 1.165) is 5.56 Å². The smallest absolute Gasteiger partial charge is 0.257 e. The Morgan fingerprint density at radius 3 is 2.78 bits per heavy atom. The van der Waals surface area contributed by atoms with Crippen molar-refractivity contribution in [3.8, 4) is 5.75 Å². The summed E-state index contributed by atoms with van der Waals surface area (Å²) >= 11 is 5.90. The number of carbonyl (C=O) groups excluding carboxylic acids is 1. The molecule has 0 aliphatic rings. The number of aromatic hydroxyl groups is 1. The van der Waals surface area contributed by atoms with E-state index in [-0.39, 0.29) is 29.0 Å². The topological polar surface area (TPSA) is 86.3 Å². The highest BCUT2D eigenvalue weighted by Gasteiger charge is 2.13. The number of fused-ring (bicyclic) bond motifs is 1. The van der Waals surface area contributed by atoms with Crippen LogP contribution in [0.15, 0.2) is 52.9 Å². The number of phenolic OH excluding ortho intramolecular Hbond substituents is 1. The van der Waals surface area contributed by atoms with Gasteiger partial charge < -0.3 is 14.8 Å². The van der Waals surface area contributed by atoms with Crippen molar-refractivity contribution in [2.75, 3.05) is 0 Å². The highest BCUT2D eigenvalue weighted by atomic mass is 35.5. The van der Waals surface area contributed by atoms with Crippen LogP contribution in [0.3, 0.4) is 0 Å². The molecule has 0 atom stereocenters. The molecule has 116 valence electrons. The van der Waals surface area contributed by atoms with Crippen LogP contribution in [0.1, 0.15) is 15.9 Å². The van der Waals surface area contributed by atoms with Gasteiger partial charge in [-0.25, -0.2) is 0 Å². The second-order valence-electron chi connectivity index (χ2n) is 5.00. The van der Waals surface area contributed by atoms with Gasteiger partial charge in [-0.3, -0.25) is 10.2 Å². The molecule has 1 amide bonds. The van der Waals surface area contributed by atoms with Crippen molar-refractivity contribution in [3.05, 3.63) is 70.2 Å². The molecule has 1 aromatic heterocycles. The molecule has 3 N–H and O–H groups in total. The van der Waals surface area contributed by atoms with Crippen LogP contribution in [-0.2, 0) is 6.54 Å². The second kappa shape index (κ2) is 6.14. The molecule has 3 rings (SSSR count). The molecule has 3 aromatic rings. The third kappa shape index (κ3) is 3.19. The third-order valence-electron chi connectivity index (χ3n) is 3.36. The monoisotopic (exact) mass is 328 g/mol. The largest absolute Gasteiger partial charge is 0.504 e. The maximum absolute atomic E-state index is 12.3. The van der Waals surface area contributed by atoms with Crippen LogP contribution in [0.5, 0.6) is 5.75 Å². The molecule has 0 unspecified atom stereocenters. The molecule has 23 heavy (non-hydrogen) atoms. The van der Waals surface area contributed by atoms with Gasteiger partial charge in [0.05, 0.1) is 0 Å². The zero-order valence-corrected chi connectivity index (χ0v) is 12.7. The summed E-state index contributed by atoms with van der Waals surface area (Å²) in [5.74, 6) is -0.495. The highest BCUT2D eigenvalue weighted by molar-refractivity contribution is 6.30. The lowest BCUT2D eigenvalue weighted by atomic mass is 10.1. The predicted molar refractivity (Wildman–Crippen MR) is 86.4 cm³/mol. The van der Waals surface area contributed by atoms with E-state index in [1.54, 1.807) is 30.3 Å². The number of hydrogen-bond acceptors (Lipinski definition) is 4. The first-order valence-electron chi connectivity index (χ1n) is 6.87. The van der Waals surface area contributed by atoms with Crippen molar-refractivity contribution in [2.24, 2.45) is 0 Å². The van der Waals surface area contributed by atoms with Gasteiger partial charge in [-0.1, -0.05) is 35.9 Å². The average molecular weight is 329 g/mol. The number of hydrogen-bond donors (Lipinski definition) is 3. The zero-order valence-electron chi connectivity index (χ0n) is 12.0. The summed E-state index contributed by atoms with van der Waals surface area (Å²) in [7, 11) is 0. The lowest BCUT2D eigenvalue weighted by molar-refractivity contribution is 0.0946. The summed E-state index contributed by atoms with van der Waals surface area (Å²) in [5.41, 5.74) is 0.837. The zero-order chi connectivity index (χ0) is 16.4. The van der Waals surface area contributed by atoms with Crippen LogP contribution in [0.4, 0.5) is 0 Å². The Bertz CT molecular complexity index is 950. The van der Waals surface area contributed by atoms with E-state index >= 15 is 0 Å². The second-order valence-corrected chi connectivity index (χ2v) is 5.43. The summed E-state index contributed by atoms with van der Waals surface area (Å²) in [6, 6.07) is 13.5. The summed E-state index contributed by atoms with van der Waals surface area (Å²) in [6.07, 6.45) is 0. The van der Waals surface area contributed by atoms with Gasteiger partial charge in [0, 0.05) is 17.0 Å². The summed E-state index contributed by atoms with van der Waals surface area (Å²) in [4.78, 5) is 12.3. The molecule has 0 saturated heterocycles. The molecule has 0 fully saturated rings. The number of para-hydroxylation sites is 1. The number of phenols is 1. The van der Waals surface area contributed by atoms with Crippen molar-refractivity contribution >= 4 is 28.5 Å². The normalized spacial score (nSPS) is 10.7. The average Bonchev–Trinajstić information content (AvgIpc) is 2.53. The van der Waals surface area contributed by atoms with Gasteiger partial charge >= 0.3 is 0 Å². The number of nitrogens with one attached hydrogen (secondary N) is 2. The van der Waals surface area contributed by atoms with E-state index in [0.29, 0.717) is 10.4 Å². The van der Waals surface area contributed by atoms with Gasteiger partial charge in [0.15, 0.2) is 11.3 Å². The Labute approximate surface area is 136 Å². The number of halogens is 1. The number of amides is 1.